The zero-order valence-corrected chi connectivity index (χ0v) is 29.6. The van der Waals surface area contributed by atoms with Gasteiger partial charge in [-0.25, -0.2) is 9.59 Å². The van der Waals surface area contributed by atoms with Crippen LogP contribution in [-0.2, 0) is 17.8 Å². The summed E-state index contributed by atoms with van der Waals surface area (Å²) in [6.45, 7) is 7.26. The Balaban J connectivity index is 1.09. The largest absolute Gasteiger partial charge is 0.397 e. The van der Waals surface area contributed by atoms with Crippen LogP contribution in [0.15, 0.2) is 45.3 Å². The molecule has 6 rings (SSSR count). The average molecular weight is 761 g/mol. The van der Waals surface area contributed by atoms with Crippen molar-refractivity contribution < 1.29 is 14.4 Å². The molecule has 5 amide bonds. The standard InChI is InChI=1S/C33H44Br2N8O3/c1-39-14-16-40(17-15-39)24-6-10-41(11-7-24)31(44)29(20-22-18-26(34)30(36)27(35)19-22)38-32(45)42-12-8-25(9-13-42)43-21-23-4-2-3-5-28(23)37-33(43)46/h2-5,18-19,24-25,29H,6-17,20-21,36H2,1H3,(H,37,46)(H,38,45)/t29-/m0/s1. The van der Waals surface area contributed by atoms with Crippen LogP contribution < -0.4 is 16.4 Å². The summed E-state index contributed by atoms with van der Waals surface area (Å²) in [7, 11) is 2.17. The van der Waals surface area contributed by atoms with Gasteiger partial charge in [-0.1, -0.05) is 18.2 Å². The van der Waals surface area contributed by atoms with Gasteiger partial charge in [0.15, 0.2) is 0 Å². The first-order valence-electron chi connectivity index (χ1n) is 16.3. The molecule has 0 aromatic heterocycles. The van der Waals surface area contributed by atoms with Crippen LogP contribution in [0.4, 0.5) is 21.0 Å². The number of likely N-dealkylation sites (tertiary alicyclic amines) is 2. The van der Waals surface area contributed by atoms with Gasteiger partial charge < -0.3 is 36.0 Å². The maximum atomic E-state index is 14.1. The zero-order valence-electron chi connectivity index (χ0n) is 26.4. The molecule has 0 radical (unpaired) electrons. The minimum Gasteiger partial charge on any atom is -0.397 e. The minimum atomic E-state index is -0.711. The molecule has 0 saturated carbocycles. The first kappa shape index (κ1) is 33.0. The van der Waals surface area contributed by atoms with Crippen LogP contribution >= 0.6 is 31.9 Å². The van der Waals surface area contributed by atoms with Gasteiger partial charge in [0.05, 0.1) is 5.69 Å². The topological polar surface area (TPSA) is 117 Å². The Morgan fingerprint density at radius 3 is 2.20 bits per heavy atom. The van der Waals surface area contributed by atoms with Crippen molar-refractivity contribution in [2.75, 3.05) is 70.5 Å². The molecule has 0 aliphatic carbocycles. The van der Waals surface area contributed by atoms with Crippen LogP contribution in [0.5, 0.6) is 0 Å². The molecule has 2 aromatic carbocycles. The van der Waals surface area contributed by atoms with Gasteiger partial charge in [0.2, 0.25) is 5.91 Å². The Labute approximate surface area is 288 Å². The fraction of sp³-hybridized carbons (Fsp3) is 0.545. The fourth-order valence-electron chi connectivity index (χ4n) is 7.19. The van der Waals surface area contributed by atoms with Gasteiger partial charge in [-0.15, -0.1) is 0 Å². The highest BCUT2D eigenvalue weighted by Gasteiger charge is 2.36. The quantitative estimate of drug-likeness (QED) is 0.381. The number of nitrogens with two attached hydrogens (primary N) is 1. The van der Waals surface area contributed by atoms with E-state index >= 15 is 0 Å². The Morgan fingerprint density at radius 1 is 0.913 bits per heavy atom. The number of hydrogen-bond acceptors (Lipinski definition) is 6. The number of anilines is 2. The molecule has 2 aromatic rings. The second-order valence-electron chi connectivity index (χ2n) is 13.0. The summed E-state index contributed by atoms with van der Waals surface area (Å²) in [5, 5.41) is 6.11. The molecule has 4 aliphatic heterocycles. The maximum absolute atomic E-state index is 14.1. The number of piperazine rings is 1. The number of carbonyl (C=O) groups is 3. The molecule has 0 bridgehead atoms. The highest BCUT2D eigenvalue weighted by atomic mass is 79.9. The van der Waals surface area contributed by atoms with Crippen molar-refractivity contribution in [2.45, 2.75) is 56.8 Å². The smallest absolute Gasteiger partial charge is 0.322 e. The van der Waals surface area contributed by atoms with E-state index in [1.54, 1.807) is 4.90 Å². The van der Waals surface area contributed by atoms with Crippen molar-refractivity contribution in [3.05, 3.63) is 56.5 Å². The molecule has 3 fully saturated rings. The number of para-hydroxylation sites is 1. The number of urea groups is 2. The van der Waals surface area contributed by atoms with Gasteiger partial charge in [-0.3, -0.25) is 9.69 Å². The van der Waals surface area contributed by atoms with Gasteiger partial charge in [0, 0.05) is 92.0 Å². The maximum Gasteiger partial charge on any atom is 0.322 e. The number of nitrogens with zero attached hydrogens (tertiary/aromatic N) is 5. The molecule has 4 N–H and O–H groups in total. The van der Waals surface area contributed by atoms with E-state index in [1.165, 1.54) is 0 Å². The van der Waals surface area contributed by atoms with Gasteiger partial charge in [-0.2, -0.15) is 0 Å². The molecule has 4 aliphatic rings. The average Bonchev–Trinajstić information content (AvgIpc) is 3.06. The van der Waals surface area contributed by atoms with E-state index in [0.717, 1.165) is 64.8 Å². The third-order valence-corrected chi connectivity index (χ3v) is 11.4. The lowest BCUT2D eigenvalue weighted by atomic mass is 9.99. The van der Waals surface area contributed by atoms with Crippen LogP contribution in [0.1, 0.15) is 36.8 Å². The van der Waals surface area contributed by atoms with E-state index in [1.807, 2.05) is 46.2 Å². The highest BCUT2D eigenvalue weighted by Crippen LogP contribution is 2.31. The van der Waals surface area contributed by atoms with Crippen molar-refractivity contribution in [2.24, 2.45) is 0 Å². The lowest BCUT2D eigenvalue weighted by Crippen LogP contribution is -2.58. The number of carbonyl (C=O) groups excluding carboxylic acids is 3. The second kappa shape index (κ2) is 14.5. The molecular weight excluding hydrogens is 716 g/mol. The molecule has 11 nitrogen and oxygen atoms in total. The number of rotatable bonds is 6. The number of nitrogens with one attached hydrogen (secondary N) is 2. The molecule has 0 spiro atoms. The molecular formula is C33H44Br2N8O3. The third-order valence-electron chi connectivity index (χ3n) is 10.1. The lowest BCUT2D eigenvalue weighted by molar-refractivity contribution is -0.135. The summed E-state index contributed by atoms with van der Waals surface area (Å²) < 4.78 is 1.49. The zero-order chi connectivity index (χ0) is 32.4. The number of likely N-dealkylation sites (N-methyl/N-ethyl adjacent to an activating group) is 1. The van der Waals surface area contributed by atoms with Crippen molar-refractivity contribution in [3.63, 3.8) is 0 Å². The Kier molecular flexibility index (Phi) is 10.4. The molecule has 248 valence electrons. The van der Waals surface area contributed by atoms with E-state index in [2.05, 4.69) is 59.3 Å². The number of hydrogen-bond donors (Lipinski definition) is 3. The number of nitrogen functional groups attached to an aromatic ring is 1. The number of benzene rings is 2. The third kappa shape index (κ3) is 7.48. The van der Waals surface area contributed by atoms with Crippen LogP contribution in [-0.4, -0.2) is 120 Å². The van der Waals surface area contributed by atoms with Gasteiger partial charge >= 0.3 is 12.1 Å². The van der Waals surface area contributed by atoms with E-state index in [4.69, 9.17) is 5.73 Å². The SMILES string of the molecule is CN1CCN(C2CCN(C(=O)[C@H](Cc3cc(Br)c(N)c(Br)c3)NC(=O)N3CCC(N4Cc5ccccc5NC4=O)CC3)CC2)CC1. The molecule has 3 saturated heterocycles. The molecule has 13 heteroatoms. The van der Waals surface area contributed by atoms with E-state index in [9.17, 15) is 14.4 Å². The summed E-state index contributed by atoms with van der Waals surface area (Å²) >= 11 is 7.06. The molecule has 1 atom stereocenters. The van der Waals surface area contributed by atoms with Gasteiger partial charge in [0.1, 0.15) is 6.04 Å². The van der Waals surface area contributed by atoms with Gasteiger partial charge in [-0.05, 0) is 93.9 Å². The normalized spacial score (nSPS) is 21.1. The summed E-state index contributed by atoms with van der Waals surface area (Å²) in [4.78, 5) is 51.1. The predicted octanol–water partition coefficient (Wildman–Crippen LogP) is 4.17. The van der Waals surface area contributed by atoms with Crippen molar-refractivity contribution in [1.29, 1.82) is 0 Å². The van der Waals surface area contributed by atoms with Crippen LogP contribution in [0, 0.1) is 0 Å². The Hall–Kier alpha value is -2.87. The van der Waals surface area contributed by atoms with Gasteiger partial charge in [0.25, 0.3) is 0 Å². The monoisotopic (exact) mass is 758 g/mol. The van der Waals surface area contributed by atoms with E-state index in [-0.39, 0.29) is 24.0 Å². The minimum absolute atomic E-state index is 0.0425. The highest BCUT2D eigenvalue weighted by molar-refractivity contribution is 9.11. The molecule has 4 heterocycles. The first-order valence-corrected chi connectivity index (χ1v) is 17.9. The summed E-state index contributed by atoms with van der Waals surface area (Å²) in [5.41, 5.74) is 9.58. The summed E-state index contributed by atoms with van der Waals surface area (Å²) in [5.74, 6) is -0.0483. The van der Waals surface area contributed by atoms with Crippen LogP contribution in [0.3, 0.4) is 0 Å². The summed E-state index contributed by atoms with van der Waals surface area (Å²) in [6, 6.07) is 11.2. The molecule has 0 unspecified atom stereocenters. The number of amides is 5. The Bertz CT molecular complexity index is 1410. The predicted molar refractivity (Wildman–Crippen MR) is 187 cm³/mol. The first-order chi connectivity index (χ1) is 22.2. The fourth-order valence-corrected chi connectivity index (χ4v) is 8.47. The lowest BCUT2D eigenvalue weighted by Gasteiger charge is -2.43. The Morgan fingerprint density at radius 2 is 1.52 bits per heavy atom. The summed E-state index contributed by atoms with van der Waals surface area (Å²) in [6.07, 6.45) is 3.59. The van der Waals surface area contributed by atoms with Crippen LogP contribution in [0.2, 0.25) is 0 Å². The van der Waals surface area contributed by atoms with Crippen molar-refractivity contribution in [1.82, 2.24) is 29.8 Å². The second-order valence-corrected chi connectivity index (χ2v) is 14.7. The number of fused-ring (bicyclic) bond motifs is 1. The number of halogens is 2. The van der Waals surface area contributed by atoms with Crippen molar-refractivity contribution in [3.8, 4) is 0 Å². The molecule has 46 heavy (non-hydrogen) atoms. The van der Waals surface area contributed by atoms with E-state index in [0.29, 0.717) is 63.7 Å². The van der Waals surface area contributed by atoms with E-state index < -0.39 is 6.04 Å². The number of piperidine rings is 2. The van der Waals surface area contributed by atoms with Crippen LogP contribution in [0.25, 0.3) is 0 Å². The van der Waals surface area contributed by atoms with Crippen molar-refractivity contribution >= 4 is 61.2 Å².